The van der Waals surface area contributed by atoms with E-state index in [1.165, 1.54) is 28.1 Å². The zero-order valence-electron chi connectivity index (χ0n) is 18.9. The summed E-state index contributed by atoms with van der Waals surface area (Å²) in [7, 11) is -2.12. The maximum atomic E-state index is 13.2. The first-order chi connectivity index (χ1) is 15.7. The van der Waals surface area contributed by atoms with Crippen molar-refractivity contribution >= 4 is 32.7 Å². The second-order valence-corrected chi connectivity index (χ2v) is 10.3. The van der Waals surface area contributed by atoms with Gasteiger partial charge in [-0.3, -0.25) is 13.9 Å². The molecule has 0 radical (unpaired) electrons. The third kappa shape index (κ3) is 4.40. The van der Waals surface area contributed by atoms with Gasteiger partial charge in [-0.15, -0.1) is 0 Å². The van der Waals surface area contributed by atoms with Gasteiger partial charge in [-0.25, -0.2) is 13.2 Å². The number of hydrogen-bond acceptors (Lipinski definition) is 5. The summed E-state index contributed by atoms with van der Waals surface area (Å²) in [6, 6.07) is 11.4. The molecule has 1 N–H and O–H groups in total. The fourth-order valence-corrected chi connectivity index (χ4v) is 5.73. The van der Waals surface area contributed by atoms with Gasteiger partial charge >= 0.3 is 5.69 Å². The van der Waals surface area contributed by atoms with Crippen LogP contribution in [-0.4, -0.2) is 48.0 Å². The zero-order chi connectivity index (χ0) is 23.8. The van der Waals surface area contributed by atoms with E-state index in [1.807, 2.05) is 13.8 Å². The highest BCUT2D eigenvalue weighted by molar-refractivity contribution is 7.89. The first-order valence-corrected chi connectivity index (χ1v) is 12.3. The van der Waals surface area contributed by atoms with E-state index in [2.05, 4.69) is 5.32 Å². The van der Waals surface area contributed by atoms with Crippen LogP contribution in [0, 0.1) is 0 Å². The Labute approximate surface area is 192 Å². The lowest BCUT2D eigenvalue weighted by molar-refractivity contribution is -0.116. The number of nitrogens with zero attached hydrogens (tertiary/aromatic N) is 3. The number of methoxy groups -OCH3 is 1. The van der Waals surface area contributed by atoms with Crippen molar-refractivity contribution in [3.8, 4) is 5.75 Å². The van der Waals surface area contributed by atoms with Crippen LogP contribution in [0.2, 0.25) is 0 Å². The Morgan fingerprint density at radius 2 is 1.82 bits per heavy atom. The van der Waals surface area contributed by atoms with Gasteiger partial charge in [-0.2, -0.15) is 4.31 Å². The molecule has 3 aromatic rings. The molecule has 1 aliphatic heterocycles. The molecule has 1 saturated heterocycles. The molecular formula is C23H28N4O5S. The van der Waals surface area contributed by atoms with Crippen molar-refractivity contribution in [1.29, 1.82) is 0 Å². The molecule has 1 aromatic heterocycles. The minimum Gasteiger partial charge on any atom is -0.497 e. The van der Waals surface area contributed by atoms with Crippen LogP contribution in [0.25, 0.3) is 11.0 Å². The number of anilines is 1. The number of imidazole rings is 1. The molecule has 33 heavy (non-hydrogen) atoms. The fourth-order valence-electron chi connectivity index (χ4n) is 4.19. The summed E-state index contributed by atoms with van der Waals surface area (Å²) in [5.41, 5.74) is 1.17. The van der Waals surface area contributed by atoms with Gasteiger partial charge in [0.1, 0.15) is 12.3 Å². The molecule has 2 heterocycles. The van der Waals surface area contributed by atoms with E-state index in [0.29, 0.717) is 35.6 Å². The lowest BCUT2D eigenvalue weighted by atomic mass is 10.3. The summed E-state index contributed by atoms with van der Waals surface area (Å²) < 4.78 is 35.7. The van der Waals surface area contributed by atoms with Crippen molar-refractivity contribution in [3.63, 3.8) is 0 Å². The summed E-state index contributed by atoms with van der Waals surface area (Å²) in [6.45, 7) is 4.47. The van der Waals surface area contributed by atoms with Crippen molar-refractivity contribution in [1.82, 2.24) is 13.4 Å². The van der Waals surface area contributed by atoms with Crippen molar-refractivity contribution in [3.05, 3.63) is 52.9 Å². The second-order valence-electron chi connectivity index (χ2n) is 8.37. The number of ether oxygens (including phenoxy) is 1. The molecule has 176 valence electrons. The van der Waals surface area contributed by atoms with E-state index in [1.54, 1.807) is 34.9 Å². The van der Waals surface area contributed by atoms with Gasteiger partial charge in [0.15, 0.2) is 0 Å². The molecule has 0 spiro atoms. The van der Waals surface area contributed by atoms with Gasteiger partial charge in [0.2, 0.25) is 15.9 Å². The van der Waals surface area contributed by atoms with Crippen molar-refractivity contribution in [2.45, 2.75) is 44.2 Å². The number of sulfonamides is 1. The molecular weight excluding hydrogens is 444 g/mol. The lowest BCUT2D eigenvalue weighted by Crippen LogP contribution is -2.30. The number of carbonyl (C=O) groups excluding carboxylic acids is 1. The first kappa shape index (κ1) is 23.1. The van der Waals surface area contributed by atoms with Crippen molar-refractivity contribution in [2.24, 2.45) is 0 Å². The molecule has 1 fully saturated rings. The van der Waals surface area contributed by atoms with Crippen LogP contribution in [0.4, 0.5) is 5.69 Å². The summed E-state index contributed by atoms with van der Waals surface area (Å²) in [5.74, 6) is 0.194. The van der Waals surface area contributed by atoms with E-state index in [-0.39, 0.29) is 23.2 Å². The number of benzene rings is 2. The second kappa shape index (κ2) is 9.03. The van der Waals surface area contributed by atoms with Crippen LogP contribution < -0.4 is 15.7 Å². The van der Waals surface area contributed by atoms with E-state index in [4.69, 9.17) is 4.74 Å². The Kier molecular flexibility index (Phi) is 6.31. The van der Waals surface area contributed by atoms with Gasteiger partial charge in [0.25, 0.3) is 0 Å². The monoisotopic (exact) mass is 472 g/mol. The van der Waals surface area contributed by atoms with Crippen molar-refractivity contribution in [2.75, 3.05) is 25.5 Å². The standard InChI is InChI=1S/C23H28N4O5S/c1-16(2)27-20-10-9-19(33(30,31)25-11-4-5-12-25)14-21(20)26(23(27)29)15-22(28)24-17-7-6-8-18(13-17)32-3/h6-10,13-14,16H,4-5,11-12,15H2,1-3H3,(H,24,28). The van der Waals surface area contributed by atoms with Crippen molar-refractivity contribution < 1.29 is 17.9 Å². The van der Waals surface area contributed by atoms with E-state index in [9.17, 15) is 18.0 Å². The number of fused-ring (bicyclic) bond motifs is 1. The Balaban J connectivity index is 1.73. The normalized spacial score (nSPS) is 14.8. The molecule has 0 atom stereocenters. The summed E-state index contributed by atoms with van der Waals surface area (Å²) in [5, 5.41) is 2.77. The van der Waals surface area contributed by atoms with Gasteiger partial charge in [0.05, 0.1) is 23.0 Å². The minimum atomic E-state index is -3.66. The fraction of sp³-hybridized carbons (Fsp3) is 0.391. The van der Waals surface area contributed by atoms with Crippen LogP contribution in [-0.2, 0) is 21.4 Å². The highest BCUT2D eigenvalue weighted by atomic mass is 32.2. The molecule has 0 aliphatic carbocycles. The number of rotatable bonds is 7. The number of aromatic nitrogens is 2. The van der Waals surface area contributed by atoms with E-state index in [0.717, 1.165) is 12.8 Å². The number of amides is 1. The minimum absolute atomic E-state index is 0.125. The van der Waals surface area contributed by atoms with Crippen LogP contribution in [0.1, 0.15) is 32.7 Å². The van der Waals surface area contributed by atoms with Crippen LogP contribution >= 0.6 is 0 Å². The molecule has 2 aromatic carbocycles. The van der Waals surface area contributed by atoms with Crippen LogP contribution in [0.15, 0.2) is 52.2 Å². The summed E-state index contributed by atoms with van der Waals surface area (Å²) in [4.78, 5) is 26.1. The average molecular weight is 473 g/mol. The smallest absolute Gasteiger partial charge is 0.329 e. The third-order valence-corrected chi connectivity index (χ3v) is 7.70. The maximum Gasteiger partial charge on any atom is 0.329 e. The summed E-state index contributed by atoms with van der Waals surface area (Å²) >= 11 is 0. The third-order valence-electron chi connectivity index (χ3n) is 5.81. The molecule has 1 amide bonds. The SMILES string of the molecule is COc1cccc(NC(=O)Cn2c(=O)n(C(C)C)c3ccc(S(=O)(=O)N4CCCC4)cc32)c1. The van der Waals surface area contributed by atoms with Gasteiger partial charge in [-0.05, 0) is 57.0 Å². The quantitative estimate of drug-likeness (QED) is 0.570. The Morgan fingerprint density at radius 1 is 1.09 bits per heavy atom. The van der Waals surface area contributed by atoms with E-state index >= 15 is 0 Å². The molecule has 0 unspecified atom stereocenters. The first-order valence-electron chi connectivity index (χ1n) is 10.9. The Morgan fingerprint density at radius 3 is 2.48 bits per heavy atom. The van der Waals surface area contributed by atoms with E-state index < -0.39 is 15.9 Å². The summed E-state index contributed by atoms with van der Waals surface area (Å²) in [6.07, 6.45) is 1.67. The molecule has 0 bridgehead atoms. The zero-order valence-corrected chi connectivity index (χ0v) is 19.8. The highest BCUT2D eigenvalue weighted by Gasteiger charge is 2.28. The number of nitrogens with one attached hydrogen (secondary N) is 1. The molecule has 9 nitrogen and oxygen atoms in total. The lowest BCUT2D eigenvalue weighted by Gasteiger charge is -2.16. The Hall–Kier alpha value is -3.11. The molecule has 10 heteroatoms. The van der Waals surface area contributed by atoms with Gasteiger partial charge < -0.3 is 10.1 Å². The predicted octanol–water partition coefficient (Wildman–Crippen LogP) is 2.82. The number of hydrogen-bond donors (Lipinski definition) is 1. The maximum absolute atomic E-state index is 13.2. The largest absolute Gasteiger partial charge is 0.497 e. The molecule has 1 aliphatic rings. The van der Waals surface area contributed by atoms with Gasteiger partial charge in [-0.1, -0.05) is 6.07 Å². The molecule has 4 rings (SSSR count). The molecule has 0 saturated carbocycles. The highest BCUT2D eigenvalue weighted by Crippen LogP contribution is 2.26. The average Bonchev–Trinajstić information content (AvgIpc) is 3.41. The topological polar surface area (TPSA) is 103 Å². The number of carbonyl (C=O) groups is 1. The predicted molar refractivity (Wildman–Crippen MR) is 126 cm³/mol. The van der Waals surface area contributed by atoms with Gasteiger partial charge in [0, 0.05) is 30.9 Å². The Bertz CT molecular complexity index is 1350. The van der Waals surface area contributed by atoms with Crippen LogP contribution in [0.5, 0.6) is 5.75 Å². The van der Waals surface area contributed by atoms with Crippen LogP contribution in [0.3, 0.4) is 0 Å².